The van der Waals surface area contributed by atoms with Crippen LogP contribution < -0.4 is 5.69 Å². The Labute approximate surface area is 219 Å². The van der Waals surface area contributed by atoms with Gasteiger partial charge in [0.2, 0.25) is 0 Å². The van der Waals surface area contributed by atoms with Crippen LogP contribution in [-0.2, 0) is 11.8 Å². The second-order valence-electron chi connectivity index (χ2n) is 10.6. The molecule has 37 heavy (non-hydrogen) atoms. The van der Waals surface area contributed by atoms with Crippen molar-refractivity contribution in [3.05, 3.63) is 71.0 Å². The van der Waals surface area contributed by atoms with Crippen molar-refractivity contribution in [2.75, 3.05) is 26.2 Å². The molecule has 2 aromatic heterocycles. The third kappa shape index (κ3) is 5.45. The number of piperidine rings is 1. The number of ether oxygens (including phenoxy) is 1. The van der Waals surface area contributed by atoms with Gasteiger partial charge in [-0.25, -0.2) is 4.79 Å². The predicted molar refractivity (Wildman–Crippen MR) is 153 cm³/mol. The summed E-state index contributed by atoms with van der Waals surface area (Å²) in [5, 5.41) is 1.02. The van der Waals surface area contributed by atoms with Gasteiger partial charge in [0.15, 0.2) is 0 Å². The van der Waals surface area contributed by atoms with Gasteiger partial charge in [0.25, 0.3) is 0 Å². The standard InChI is InChI=1S/C31H40N4O2/c1-4-24(14-13-23(2)37-20-10-19-34-17-8-5-9-18-34)25-15-16-28-27(21-25)30-29(22-32-28)33(3)31(36)35(30)26-11-6-7-12-26/h4,13-16,21-22,26H,1,5-12,17-20H2,2-3H3/b23-13+,24-14+. The number of aromatic nitrogens is 3. The van der Waals surface area contributed by atoms with Gasteiger partial charge in [-0.3, -0.25) is 14.1 Å². The van der Waals surface area contributed by atoms with Crippen LogP contribution in [0.25, 0.3) is 27.5 Å². The fourth-order valence-corrected chi connectivity index (χ4v) is 5.95. The topological polar surface area (TPSA) is 52.3 Å². The van der Waals surface area contributed by atoms with E-state index in [1.807, 2.05) is 43.0 Å². The monoisotopic (exact) mass is 500 g/mol. The lowest BCUT2D eigenvalue weighted by Crippen LogP contribution is -2.31. The Hall–Kier alpha value is -3.12. The van der Waals surface area contributed by atoms with Crippen molar-refractivity contribution in [3.8, 4) is 0 Å². The molecule has 0 bridgehead atoms. The molecule has 196 valence electrons. The SMILES string of the molecule is C=C/C(=C\C=C(/C)OCCCN1CCCCC1)c1ccc2ncc3c(c2c1)n(C1CCCC1)c(=O)n3C. The molecule has 3 aromatic rings. The lowest BCUT2D eigenvalue weighted by molar-refractivity contribution is 0.171. The molecule has 1 saturated heterocycles. The summed E-state index contributed by atoms with van der Waals surface area (Å²) in [4.78, 5) is 20.4. The smallest absolute Gasteiger partial charge is 0.329 e. The second-order valence-corrected chi connectivity index (χ2v) is 10.6. The van der Waals surface area contributed by atoms with Gasteiger partial charge in [-0.05, 0) is 81.5 Å². The van der Waals surface area contributed by atoms with Gasteiger partial charge >= 0.3 is 5.69 Å². The van der Waals surface area contributed by atoms with Crippen LogP contribution in [0.4, 0.5) is 0 Å². The van der Waals surface area contributed by atoms with E-state index in [4.69, 9.17) is 4.74 Å². The van der Waals surface area contributed by atoms with Crippen molar-refractivity contribution in [1.82, 2.24) is 19.0 Å². The number of hydrogen-bond acceptors (Lipinski definition) is 4. The molecule has 2 fully saturated rings. The third-order valence-electron chi connectivity index (χ3n) is 8.05. The van der Waals surface area contributed by atoms with Crippen LogP contribution in [0.2, 0.25) is 0 Å². The van der Waals surface area contributed by atoms with Gasteiger partial charge in [0.05, 0.1) is 35.1 Å². The van der Waals surface area contributed by atoms with Crippen LogP contribution in [0.5, 0.6) is 0 Å². The van der Waals surface area contributed by atoms with Crippen molar-refractivity contribution in [3.63, 3.8) is 0 Å². The minimum atomic E-state index is 0.0529. The lowest BCUT2D eigenvalue weighted by atomic mass is 10.0. The first-order chi connectivity index (χ1) is 18.1. The van der Waals surface area contributed by atoms with Crippen molar-refractivity contribution in [2.24, 2.45) is 7.05 Å². The van der Waals surface area contributed by atoms with Gasteiger partial charge in [-0.15, -0.1) is 0 Å². The van der Waals surface area contributed by atoms with Crippen molar-refractivity contribution in [1.29, 1.82) is 0 Å². The molecule has 0 spiro atoms. The van der Waals surface area contributed by atoms with Gasteiger partial charge in [0.1, 0.15) is 0 Å². The number of nitrogens with zero attached hydrogens (tertiary/aromatic N) is 4. The van der Waals surface area contributed by atoms with Crippen molar-refractivity contribution in [2.45, 2.75) is 64.3 Å². The molecule has 1 aliphatic carbocycles. The maximum absolute atomic E-state index is 13.2. The number of benzene rings is 1. The highest BCUT2D eigenvalue weighted by molar-refractivity contribution is 6.03. The summed E-state index contributed by atoms with van der Waals surface area (Å²) < 4.78 is 9.75. The van der Waals surface area contributed by atoms with E-state index in [9.17, 15) is 4.79 Å². The van der Waals surface area contributed by atoms with Crippen LogP contribution >= 0.6 is 0 Å². The maximum atomic E-state index is 13.2. The first-order valence-electron chi connectivity index (χ1n) is 13.9. The molecular weight excluding hydrogens is 460 g/mol. The Morgan fingerprint density at radius 3 is 2.68 bits per heavy atom. The summed E-state index contributed by atoms with van der Waals surface area (Å²) in [7, 11) is 1.85. The molecule has 3 heterocycles. The van der Waals surface area contributed by atoms with Crippen LogP contribution in [-0.4, -0.2) is 45.3 Å². The Morgan fingerprint density at radius 1 is 1.14 bits per heavy atom. The molecule has 0 radical (unpaired) electrons. The van der Waals surface area contributed by atoms with Gasteiger partial charge in [0, 0.05) is 25.0 Å². The second kappa shape index (κ2) is 11.5. The molecule has 2 aliphatic rings. The average molecular weight is 501 g/mol. The normalized spacial score (nSPS) is 18.2. The Bertz CT molecular complexity index is 1380. The highest BCUT2D eigenvalue weighted by atomic mass is 16.5. The molecule has 1 aromatic carbocycles. The van der Waals surface area contributed by atoms with E-state index < -0.39 is 0 Å². The molecule has 6 nitrogen and oxygen atoms in total. The molecule has 0 unspecified atom stereocenters. The van der Waals surface area contributed by atoms with E-state index >= 15 is 0 Å². The first kappa shape index (κ1) is 25.5. The minimum Gasteiger partial charge on any atom is -0.498 e. The Morgan fingerprint density at radius 2 is 1.92 bits per heavy atom. The minimum absolute atomic E-state index is 0.0529. The van der Waals surface area contributed by atoms with E-state index in [1.165, 1.54) is 45.2 Å². The molecule has 0 atom stereocenters. The lowest BCUT2D eigenvalue weighted by Gasteiger charge is -2.26. The zero-order valence-electron chi connectivity index (χ0n) is 22.4. The highest BCUT2D eigenvalue weighted by Crippen LogP contribution is 2.34. The van der Waals surface area contributed by atoms with E-state index in [1.54, 1.807) is 4.57 Å². The fraction of sp³-hybridized carbons (Fsp3) is 0.484. The number of likely N-dealkylation sites (tertiary alicyclic amines) is 1. The zero-order valence-corrected chi connectivity index (χ0v) is 22.4. The summed E-state index contributed by atoms with van der Waals surface area (Å²) in [6.07, 6.45) is 17.4. The molecule has 0 N–H and O–H groups in total. The third-order valence-corrected chi connectivity index (χ3v) is 8.05. The number of allylic oxidation sites excluding steroid dienone is 5. The number of fused-ring (bicyclic) bond motifs is 3. The average Bonchev–Trinajstić information content (AvgIpc) is 3.54. The number of rotatable bonds is 9. The van der Waals surface area contributed by atoms with E-state index in [0.29, 0.717) is 0 Å². The molecule has 5 rings (SSSR count). The number of hydrogen-bond donors (Lipinski definition) is 0. The quantitative estimate of drug-likeness (QED) is 0.195. The van der Waals surface area contributed by atoms with Crippen LogP contribution in [0.15, 0.2) is 59.8 Å². The summed E-state index contributed by atoms with van der Waals surface area (Å²) >= 11 is 0. The van der Waals surface area contributed by atoms with Crippen LogP contribution in [0, 0.1) is 0 Å². The van der Waals surface area contributed by atoms with Crippen molar-refractivity contribution >= 4 is 27.5 Å². The largest absolute Gasteiger partial charge is 0.498 e. The summed E-state index contributed by atoms with van der Waals surface area (Å²) in [5.41, 5.74) is 4.91. The van der Waals surface area contributed by atoms with Gasteiger partial charge in [-0.1, -0.05) is 44.1 Å². The molecule has 1 aliphatic heterocycles. The Kier molecular flexibility index (Phi) is 7.94. The molecule has 0 amide bonds. The van der Waals surface area contributed by atoms with E-state index in [-0.39, 0.29) is 11.7 Å². The van der Waals surface area contributed by atoms with Crippen LogP contribution in [0.1, 0.15) is 69.9 Å². The van der Waals surface area contributed by atoms with Crippen molar-refractivity contribution < 1.29 is 4.74 Å². The van der Waals surface area contributed by atoms with Crippen LogP contribution in [0.3, 0.4) is 0 Å². The Balaban J connectivity index is 1.38. The zero-order chi connectivity index (χ0) is 25.8. The molecule has 6 heteroatoms. The number of pyridine rings is 1. The van der Waals surface area contributed by atoms with E-state index in [0.717, 1.165) is 71.2 Å². The maximum Gasteiger partial charge on any atom is 0.329 e. The molecular formula is C31H40N4O2. The molecule has 1 saturated carbocycles. The van der Waals surface area contributed by atoms with E-state index in [2.05, 4.69) is 34.7 Å². The fourth-order valence-electron chi connectivity index (χ4n) is 5.95. The highest BCUT2D eigenvalue weighted by Gasteiger charge is 2.24. The van der Waals surface area contributed by atoms with Gasteiger partial charge < -0.3 is 9.64 Å². The number of imidazole rings is 1. The number of aryl methyl sites for hydroxylation is 1. The summed E-state index contributed by atoms with van der Waals surface area (Å²) in [6, 6.07) is 6.55. The van der Waals surface area contributed by atoms with Gasteiger partial charge in [-0.2, -0.15) is 0 Å². The predicted octanol–water partition coefficient (Wildman–Crippen LogP) is 6.37. The first-order valence-corrected chi connectivity index (χ1v) is 13.9. The summed E-state index contributed by atoms with van der Waals surface area (Å²) in [6.45, 7) is 10.4. The summed E-state index contributed by atoms with van der Waals surface area (Å²) in [5.74, 6) is 0.904.